The standard InChI is InChI=1S/C21H23FN2O3/c1-2-3-4-11-24(13-15-5-8-17(22)9-6-15)21(26)16-7-10-19-18(12-16)23-20(25)14-27-19/h5-10,12H,2-4,11,13-14H2,1H3,(H,23,25). The van der Waals surface area contributed by atoms with Crippen molar-refractivity contribution in [2.24, 2.45) is 0 Å². The summed E-state index contributed by atoms with van der Waals surface area (Å²) >= 11 is 0. The van der Waals surface area contributed by atoms with Gasteiger partial charge in [-0.25, -0.2) is 4.39 Å². The number of ether oxygens (including phenoxy) is 1. The molecule has 0 bridgehead atoms. The minimum absolute atomic E-state index is 0.0198. The Morgan fingerprint density at radius 3 is 2.70 bits per heavy atom. The fourth-order valence-corrected chi connectivity index (χ4v) is 3.01. The van der Waals surface area contributed by atoms with Gasteiger partial charge in [-0.15, -0.1) is 0 Å². The van der Waals surface area contributed by atoms with E-state index in [1.807, 2.05) is 0 Å². The average Bonchev–Trinajstić information content (AvgIpc) is 2.67. The zero-order valence-electron chi connectivity index (χ0n) is 15.3. The summed E-state index contributed by atoms with van der Waals surface area (Å²) in [5, 5.41) is 2.73. The van der Waals surface area contributed by atoms with Crippen LogP contribution >= 0.6 is 0 Å². The minimum atomic E-state index is -0.298. The second-order valence-electron chi connectivity index (χ2n) is 6.61. The molecule has 6 heteroatoms. The van der Waals surface area contributed by atoms with Gasteiger partial charge in [0.05, 0.1) is 5.69 Å². The number of unbranched alkanes of at least 4 members (excludes halogenated alkanes) is 2. The smallest absolute Gasteiger partial charge is 0.262 e. The molecule has 1 aliphatic rings. The predicted molar refractivity (Wildman–Crippen MR) is 101 cm³/mol. The van der Waals surface area contributed by atoms with E-state index in [1.54, 1.807) is 35.2 Å². The highest BCUT2D eigenvalue weighted by Crippen LogP contribution is 2.29. The lowest BCUT2D eigenvalue weighted by molar-refractivity contribution is -0.118. The number of hydrogen-bond donors (Lipinski definition) is 1. The van der Waals surface area contributed by atoms with Crippen LogP contribution in [0.25, 0.3) is 0 Å². The van der Waals surface area contributed by atoms with Crippen molar-refractivity contribution < 1.29 is 18.7 Å². The first-order chi connectivity index (χ1) is 13.1. The normalized spacial score (nSPS) is 12.7. The lowest BCUT2D eigenvalue weighted by atomic mass is 10.1. The van der Waals surface area contributed by atoms with E-state index >= 15 is 0 Å². The van der Waals surface area contributed by atoms with E-state index in [-0.39, 0.29) is 24.2 Å². The number of benzene rings is 2. The fourth-order valence-electron chi connectivity index (χ4n) is 3.01. The van der Waals surface area contributed by atoms with Gasteiger partial charge in [0.1, 0.15) is 11.6 Å². The van der Waals surface area contributed by atoms with Crippen LogP contribution in [0.5, 0.6) is 5.75 Å². The summed E-state index contributed by atoms with van der Waals surface area (Å²) in [6.07, 6.45) is 2.98. The third-order valence-electron chi connectivity index (χ3n) is 4.46. The van der Waals surface area contributed by atoms with Crippen LogP contribution in [0.3, 0.4) is 0 Å². The summed E-state index contributed by atoms with van der Waals surface area (Å²) in [6, 6.07) is 11.2. The van der Waals surface area contributed by atoms with Crippen molar-refractivity contribution in [3.63, 3.8) is 0 Å². The summed E-state index contributed by atoms with van der Waals surface area (Å²) in [4.78, 5) is 26.4. The Balaban J connectivity index is 1.80. The molecule has 0 spiro atoms. The van der Waals surface area contributed by atoms with Gasteiger partial charge < -0.3 is 15.0 Å². The molecule has 0 radical (unpaired) electrons. The molecule has 2 aromatic carbocycles. The largest absolute Gasteiger partial charge is 0.482 e. The molecule has 2 amide bonds. The molecular weight excluding hydrogens is 347 g/mol. The first kappa shape index (κ1) is 18.9. The van der Waals surface area contributed by atoms with Gasteiger partial charge in [-0.1, -0.05) is 31.9 Å². The predicted octanol–water partition coefficient (Wildman–Crippen LogP) is 3.99. The number of hydrogen-bond acceptors (Lipinski definition) is 3. The molecule has 2 aromatic rings. The van der Waals surface area contributed by atoms with Gasteiger partial charge in [-0.05, 0) is 42.3 Å². The molecule has 0 aromatic heterocycles. The zero-order chi connectivity index (χ0) is 19.2. The molecule has 1 heterocycles. The van der Waals surface area contributed by atoms with Crippen molar-refractivity contribution in [1.82, 2.24) is 4.90 Å². The maximum Gasteiger partial charge on any atom is 0.262 e. The molecule has 0 saturated heterocycles. The summed E-state index contributed by atoms with van der Waals surface area (Å²) in [7, 11) is 0. The van der Waals surface area contributed by atoms with Crippen LogP contribution < -0.4 is 10.1 Å². The molecular formula is C21H23FN2O3. The van der Waals surface area contributed by atoms with E-state index < -0.39 is 0 Å². The van der Waals surface area contributed by atoms with Gasteiger partial charge in [0.2, 0.25) is 0 Å². The number of anilines is 1. The van der Waals surface area contributed by atoms with Crippen molar-refractivity contribution >= 4 is 17.5 Å². The van der Waals surface area contributed by atoms with E-state index in [9.17, 15) is 14.0 Å². The number of amides is 2. The minimum Gasteiger partial charge on any atom is -0.482 e. The zero-order valence-corrected chi connectivity index (χ0v) is 15.3. The van der Waals surface area contributed by atoms with Crippen molar-refractivity contribution in [2.45, 2.75) is 32.7 Å². The number of rotatable bonds is 7. The molecule has 0 unspecified atom stereocenters. The fraction of sp³-hybridized carbons (Fsp3) is 0.333. The SMILES string of the molecule is CCCCCN(Cc1ccc(F)cc1)C(=O)c1ccc2c(c1)NC(=O)CO2. The third kappa shape index (κ3) is 4.84. The van der Waals surface area contributed by atoms with Gasteiger partial charge in [0.25, 0.3) is 11.8 Å². The molecule has 1 aliphatic heterocycles. The van der Waals surface area contributed by atoms with Crippen molar-refractivity contribution in [3.8, 4) is 5.75 Å². The highest BCUT2D eigenvalue weighted by Gasteiger charge is 2.21. The summed E-state index contributed by atoms with van der Waals surface area (Å²) < 4.78 is 18.5. The second kappa shape index (κ2) is 8.66. The Labute approximate surface area is 158 Å². The van der Waals surface area contributed by atoms with Gasteiger partial charge in [0.15, 0.2) is 6.61 Å². The van der Waals surface area contributed by atoms with E-state index in [4.69, 9.17) is 4.74 Å². The number of fused-ring (bicyclic) bond motifs is 1. The van der Waals surface area contributed by atoms with Crippen LogP contribution in [0.4, 0.5) is 10.1 Å². The van der Waals surface area contributed by atoms with Crippen molar-refractivity contribution in [1.29, 1.82) is 0 Å². The quantitative estimate of drug-likeness (QED) is 0.750. The van der Waals surface area contributed by atoms with Crippen LogP contribution in [-0.4, -0.2) is 29.9 Å². The van der Waals surface area contributed by atoms with E-state index in [1.165, 1.54) is 12.1 Å². The maximum atomic E-state index is 13.2. The molecule has 0 saturated carbocycles. The number of nitrogens with zero attached hydrogens (tertiary/aromatic N) is 1. The van der Waals surface area contributed by atoms with Crippen LogP contribution in [0.15, 0.2) is 42.5 Å². The Bertz CT molecular complexity index is 821. The Morgan fingerprint density at radius 2 is 1.96 bits per heavy atom. The maximum absolute atomic E-state index is 13.2. The number of nitrogens with one attached hydrogen (secondary N) is 1. The van der Waals surface area contributed by atoms with Crippen LogP contribution in [0.1, 0.15) is 42.1 Å². The number of halogens is 1. The van der Waals surface area contributed by atoms with Crippen molar-refractivity contribution in [3.05, 3.63) is 59.4 Å². The molecule has 5 nitrogen and oxygen atoms in total. The van der Waals surface area contributed by atoms with Gasteiger partial charge in [-0.3, -0.25) is 9.59 Å². The van der Waals surface area contributed by atoms with Gasteiger partial charge in [-0.2, -0.15) is 0 Å². The van der Waals surface area contributed by atoms with Gasteiger partial charge in [0, 0.05) is 18.7 Å². The first-order valence-electron chi connectivity index (χ1n) is 9.17. The highest BCUT2D eigenvalue weighted by molar-refractivity contribution is 5.99. The molecule has 142 valence electrons. The van der Waals surface area contributed by atoms with E-state index in [2.05, 4.69) is 12.2 Å². The van der Waals surface area contributed by atoms with E-state index in [0.717, 1.165) is 24.8 Å². The molecule has 3 rings (SSSR count). The van der Waals surface area contributed by atoms with Gasteiger partial charge >= 0.3 is 0 Å². The topological polar surface area (TPSA) is 58.6 Å². The lowest BCUT2D eigenvalue weighted by Gasteiger charge is -2.24. The monoisotopic (exact) mass is 370 g/mol. The third-order valence-corrected chi connectivity index (χ3v) is 4.46. The number of carbonyl (C=O) groups is 2. The molecule has 27 heavy (non-hydrogen) atoms. The Hall–Kier alpha value is -2.89. The summed E-state index contributed by atoms with van der Waals surface area (Å²) in [5.41, 5.74) is 1.86. The summed E-state index contributed by atoms with van der Waals surface area (Å²) in [6.45, 7) is 3.11. The molecule has 0 fully saturated rings. The van der Waals surface area contributed by atoms with Crippen LogP contribution in [0, 0.1) is 5.82 Å². The van der Waals surface area contributed by atoms with Crippen LogP contribution in [-0.2, 0) is 11.3 Å². The first-order valence-corrected chi connectivity index (χ1v) is 9.17. The lowest BCUT2D eigenvalue weighted by Crippen LogP contribution is -2.32. The molecule has 0 atom stereocenters. The average molecular weight is 370 g/mol. The second-order valence-corrected chi connectivity index (χ2v) is 6.61. The molecule has 1 N–H and O–H groups in total. The Morgan fingerprint density at radius 1 is 1.19 bits per heavy atom. The summed E-state index contributed by atoms with van der Waals surface area (Å²) in [5.74, 6) is -0.105. The van der Waals surface area contributed by atoms with Crippen LogP contribution in [0.2, 0.25) is 0 Å². The highest BCUT2D eigenvalue weighted by atomic mass is 19.1. The molecule has 0 aliphatic carbocycles. The Kier molecular flexibility index (Phi) is 6.06. The number of carbonyl (C=O) groups excluding carboxylic acids is 2. The van der Waals surface area contributed by atoms with Crippen molar-refractivity contribution in [2.75, 3.05) is 18.5 Å². The van der Waals surface area contributed by atoms with E-state index in [0.29, 0.717) is 30.1 Å².